The molecular formula is C9H14O2S. The number of sulfone groups is 1. The van der Waals surface area contributed by atoms with Gasteiger partial charge >= 0.3 is 0 Å². The zero-order chi connectivity index (χ0) is 9.78. The molecule has 0 aliphatic heterocycles. The van der Waals surface area contributed by atoms with Crippen LogP contribution in [0.4, 0.5) is 0 Å². The maximum absolute atomic E-state index is 11.0. The second kappa shape index (κ2) is 4.26. The van der Waals surface area contributed by atoms with Crippen molar-refractivity contribution in [3.63, 3.8) is 0 Å². The van der Waals surface area contributed by atoms with Gasteiger partial charge in [-0.3, -0.25) is 0 Å². The first-order valence-electron chi connectivity index (χ1n) is 3.58. The van der Waals surface area contributed by atoms with Crippen molar-refractivity contribution in [1.82, 2.24) is 0 Å². The Morgan fingerprint density at radius 1 is 1.33 bits per heavy atom. The van der Waals surface area contributed by atoms with Gasteiger partial charge in [0.15, 0.2) is 9.84 Å². The minimum atomic E-state index is -3.08. The summed E-state index contributed by atoms with van der Waals surface area (Å²) in [6.45, 7) is 7.14. The summed E-state index contributed by atoms with van der Waals surface area (Å²) in [5.74, 6) is 0. The number of hydrogen-bond donors (Lipinski definition) is 0. The standard InChI is InChI=1S/C9H14O2S/c1-5-9(12(4,10)11)7-6-8(2)3/h5-7H,2H2,1,3-4H3/b7-6-,9-5+. The quantitative estimate of drug-likeness (QED) is 0.632. The molecule has 0 spiro atoms. The van der Waals surface area contributed by atoms with Crippen LogP contribution in [-0.4, -0.2) is 14.7 Å². The van der Waals surface area contributed by atoms with Gasteiger partial charge in [0, 0.05) is 6.26 Å². The van der Waals surface area contributed by atoms with Crippen LogP contribution in [0.1, 0.15) is 13.8 Å². The summed E-state index contributed by atoms with van der Waals surface area (Å²) in [4.78, 5) is 0.325. The fourth-order valence-electron chi connectivity index (χ4n) is 0.658. The average molecular weight is 186 g/mol. The Hall–Kier alpha value is -0.830. The number of rotatable bonds is 3. The van der Waals surface area contributed by atoms with Crippen molar-refractivity contribution in [2.45, 2.75) is 13.8 Å². The highest BCUT2D eigenvalue weighted by molar-refractivity contribution is 7.94. The van der Waals surface area contributed by atoms with Crippen molar-refractivity contribution in [1.29, 1.82) is 0 Å². The molecule has 0 saturated carbocycles. The Morgan fingerprint density at radius 3 is 2.08 bits per heavy atom. The van der Waals surface area contributed by atoms with Crippen LogP contribution < -0.4 is 0 Å². The Labute approximate surface area is 74.2 Å². The number of allylic oxidation sites excluding steroid dienone is 4. The van der Waals surface area contributed by atoms with Gasteiger partial charge in [0.05, 0.1) is 4.91 Å². The molecule has 0 aliphatic rings. The molecule has 0 amide bonds. The summed E-state index contributed by atoms with van der Waals surface area (Å²) in [5.41, 5.74) is 0.831. The summed E-state index contributed by atoms with van der Waals surface area (Å²) in [5, 5.41) is 0. The largest absolute Gasteiger partial charge is 0.224 e. The molecule has 0 bridgehead atoms. The molecule has 0 heterocycles. The smallest absolute Gasteiger partial charge is 0.175 e. The van der Waals surface area contributed by atoms with Gasteiger partial charge in [-0.05, 0) is 19.9 Å². The Morgan fingerprint density at radius 2 is 1.83 bits per heavy atom. The Balaban J connectivity index is 4.77. The van der Waals surface area contributed by atoms with Gasteiger partial charge in [0.2, 0.25) is 0 Å². The van der Waals surface area contributed by atoms with Crippen molar-refractivity contribution in [2.24, 2.45) is 0 Å². The van der Waals surface area contributed by atoms with E-state index in [1.807, 2.05) is 6.92 Å². The highest BCUT2D eigenvalue weighted by Gasteiger charge is 2.04. The van der Waals surface area contributed by atoms with Crippen LogP contribution in [0.3, 0.4) is 0 Å². The molecule has 2 nitrogen and oxygen atoms in total. The molecule has 0 rings (SSSR count). The molecule has 12 heavy (non-hydrogen) atoms. The predicted molar refractivity (Wildman–Crippen MR) is 52.6 cm³/mol. The molecule has 0 aromatic rings. The highest BCUT2D eigenvalue weighted by Crippen LogP contribution is 2.07. The lowest BCUT2D eigenvalue weighted by Gasteiger charge is -1.96. The zero-order valence-electron chi connectivity index (χ0n) is 7.66. The third-order valence-corrected chi connectivity index (χ3v) is 2.47. The minimum absolute atomic E-state index is 0.325. The van der Waals surface area contributed by atoms with Crippen LogP contribution in [0.5, 0.6) is 0 Å². The predicted octanol–water partition coefficient (Wildman–Crippen LogP) is 2.07. The van der Waals surface area contributed by atoms with E-state index in [1.54, 1.807) is 25.2 Å². The molecule has 0 saturated heterocycles. The second-order valence-corrected chi connectivity index (χ2v) is 4.66. The van der Waals surface area contributed by atoms with Crippen molar-refractivity contribution < 1.29 is 8.42 Å². The highest BCUT2D eigenvalue weighted by atomic mass is 32.2. The molecule has 0 N–H and O–H groups in total. The second-order valence-electron chi connectivity index (χ2n) is 2.64. The maximum atomic E-state index is 11.0. The summed E-state index contributed by atoms with van der Waals surface area (Å²) in [7, 11) is -3.08. The maximum Gasteiger partial charge on any atom is 0.175 e. The average Bonchev–Trinajstić information content (AvgIpc) is 1.85. The van der Waals surface area contributed by atoms with E-state index in [0.29, 0.717) is 4.91 Å². The first kappa shape index (κ1) is 11.2. The van der Waals surface area contributed by atoms with E-state index < -0.39 is 9.84 Å². The molecule has 0 aromatic carbocycles. The van der Waals surface area contributed by atoms with E-state index in [1.165, 1.54) is 6.26 Å². The van der Waals surface area contributed by atoms with E-state index in [4.69, 9.17) is 0 Å². The lowest BCUT2D eigenvalue weighted by atomic mass is 10.3. The molecule has 0 radical (unpaired) electrons. The molecule has 3 heteroatoms. The van der Waals surface area contributed by atoms with Gasteiger partial charge in [-0.15, -0.1) is 0 Å². The van der Waals surface area contributed by atoms with Gasteiger partial charge < -0.3 is 0 Å². The lowest BCUT2D eigenvalue weighted by molar-refractivity contribution is 0.608. The van der Waals surface area contributed by atoms with Crippen molar-refractivity contribution >= 4 is 9.84 Å². The topological polar surface area (TPSA) is 34.1 Å². The van der Waals surface area contributed by atoms with Gasteiger partial charge in [-0.25, -0.2) is 8.42 Å². The molecule has 68 valence electrons. The molecule has 0 atom stereocenters. The Bertz CT molecular complexity index is 318. The van der Waals surface area contributed by atoms with E-state index >= 15 is 0 Å². The first-order chi connectivity index (χ1) is 5.38. The van der Waals surface area contributed by atoms with Gasteiger partial charge in [0.1, 0.15) is 0 Å². The lowest BCUT2D eigenvalue weighted by Crippen LogP contribution is -1.97. The van der Waals surface area contributed by atoms with Gasteiger partial charge in [-0.2, -0.15) is 0 Å². The van der Waals surface area contributed by atoms with Crippen LogP contribution >= 0.6 is 0 Å². The molecule has 0 aliphatic carbocycles. The van der Waals surface area contributed by atoms with Crippen molar-refractivity contribution in [3.05, 3.63) is 35.3 Å². The van der Waals surface area contributed by atoms with E-state index in [9.17, 15) is 8.42 Å². The monoisotopic (exact) mass is 186 g/mol. The van der Waals surface area contributed by atoms with Crippen molar-refractivity contribution in [3.8, 4) is 0 Å². The first-order valence-corrected chi connectivity index (χ1v) is 5.47. The zero-order valence-corrected chi connectivity index (χ0v) is 8.48. The number of hydrogen-bond acceptors (Lipinski definition) is 2. The third kappa shape index (κ3) is 4.13. The van der Waals surface area contributed by atoms with Gasteiger partial charge in [-0.1, -0.05) is 24.3 Å². The van der Waals surface area contributed by atoms with Crippen LogP contribution in [0, 0.1) is 0 Å². The minimum Gasteiger partial charge on any atom is -0.224 e. The van der Waals surface area contributed by atoms with Crippen LogP contribution in [0.2, 0.25) is 0 Å². The van der Waals surface area contributed by atoms with Gasteiger partial charge in [0.25, 0.3) is 0 Å². The third-order valence-electron chi connectivity index (χ3n) is 1.24. The Kier molecular flexibility index (Phi) is 3.96. The van der Waals surface area contributed by atoms with E-state index in [2.05, 4.69) is 6.58 Å². The van der Waals surface area contributed by atoms with E-state index in [0.717, 1.165) is 5.57 Å². The molecule has 0 aromatic heterocycles. The summed E-state index contributed by atoms with van der Waals surface area (Å²) in [6, 6.07) is 0. The normalized spacial score (nSPS) is 13.8. The summed E-state index contributed by atoms with van der Waals surface area (Å²) < 4.78 is 22.1. The van der Waals surface area contributed by atoms with Crippen molar-refractivity contribution in [2.75, 3.05) is 6.26 Å². The summed E-state index contributed by atoms with van der Waals surface area (Å²) >= 11 is 0. The van der Waals surface area contributed by atoms with Crippen LogP contribution in [0.25, 0.3) is 0 Å². The SMILES string of the molecule is C=C(C)/C=C\C(=C/C)S(C)(=O)=O. The fraction of sp³-hybridized carbons (Fsp3) is 0.333. The van der Waals surface area contributed by atoms with E-state index in [-0.39, 0.29) is 0 Å². The molecule has 0 unspecified atom stereocenters. The van der Waals surface area contributed by atoms with Crippen LogP contribution in [-0.2, 0) is 9.84 Å². The molecular weight excluding hydrogens is 172 g/mol. The fourth-order valence-corrected chi connectivity index (χ4v) is 1.40. The van der Waals surface area contributed by atoms with Crippen LogP contribution in [0.15, 0.2) is 35.3 Å². The summed E-state index contributed by atoms with van der Waals surface area (Å²) in [6.07, 6.45) is 5.98. The molecule has 0 fully saturated rings.